The molecule has 2 aromatic carbocycles. The molecule has 1 amide bonds. The highest BCUT2D eigenvalue weighted by Gasteiger charge is 2.13. The number of carbonyl (C=O) groups excluding carboxylic acids is 2. The van der Waals surface area contributed by atoms with Crippen LogP contribution in [0.15, 0.2) is 48.5 Å². The zero-order chi connectivity index (χ0) is 16.8. The third kappa shape index (κ3) is 5.00. The van der Waals surface area contributed by atoms with Crippen molar-refractivity contribution >= 4 is 29.2 Å². The van der Waals surface area contributed by atoms with Gasteiger partial charge in [0.25, 0.3) is 5.91 Å². The van der Waals surface area contributed by atoms with Gasteiger partial charge in [0.2, 0.25) is 0 Å². The average molecular weight is 333 g/mol. The van der Waals surface area contributed by atoms with Crippen LogP contribution in [0.5, 0.6) is 0 Å². The van der Waals surface area contributed by atoms with Crippen LogP contribution in [0.25, 0.3) is 0 Å². The van der Waals surface area contributed by atoms with Gasteiger partial charge in [0.15, 0.2) is 6.61 Å². The Morgan fingerprint density at radius 3 is 2.57 bits per heavy atom. The highest BCUT2D eigenvalue weighted by atomic mass is 35.5. The average Bonchev–Trinajstić information content (AvgIpc) is 2.53. The van der Waals surface area contributed by atoms with Crippen molar-refractivity contribution in [3.63, 3.8) is 0 Å². The van der Waals surface area contributed by atoms with E-state index in [9.17, 15) is 9.59 Å². The minimum atomic E-state index is -0.574. The highest BCUT2D eigenvalue weighted by molar-refractivity contribution is 6.30. The van der Waals surface area contributed by atoms with E-state index in [1.807, 2.05) is 13.0 Å². The quantitative estimate of drug-likeness (QED) is 0.651. The SMILES string of the molecule is C[C@@H](NC(=O)COC(=O)c1ccc(N)cc1)c1cccc(Cl)c1. The van der Waals surface area contributed by atoms with Gasteiger partial charge in [-0.2, -0.15) is 0 Å². The molecule has 1 atom stereocenters. The molecule has 0 aromatic heterocycles. The first kappa shape index (κ1) is 16.8. The number of hydrogen-bond donors (Lipinski definition) is 2. The second-order valence-electron chi connectivity index (χ2n) is 5.04. The van der Waals surface area contributed by atoms with Gasteiger partial charge < -0.3 is 15.8 Å². The van der Waals surface area contributed by atoms with Crippen LogP contribution in [0.3, 0.4) is 0 Å². The maximum atomic E-state index is 11.9. The van der Waals surface area contributed by atoms with E-state index in [0.29, 0.717) is 16.3 Å². The summed E-state index contributed by atoms with van der Waals surface area (Å²) in [5.74, 6) is -0.961. The Morgan fingerprint density at radius 2 is 1.91 bits per heavy atom. The minimum absolute atomic E-state index is 0.239. The topological polar surface area (TPSA) is 81.4 Å². The Morgan fingerprint density at radius 1 is 1.22 bits per heavy atom. The number of benzene rings is 2. The molecule has 2 aromatic rings. The summed E-state index contributed by atoms with van der Waals surface area (Å²) in [4.78, 5) is 23.7. The molecule has 0 radical (unpaired) electrons. The van der Waals surface area contributed by atoms with Crippen molar-refractivity contribution in [3.8, 4) is 0 Å². The van der Waals surface area contributed by atoms with E-state index < -0.39 is 5.97 Å². The fourth-order valence-corrected chi connectivity index (χ4v) is 2.17. The van der Waals surface area contributed by atoms with Crippen LogP contribution in [0, 0.1) is 0 Å². The van der Waals surface area contributed by atoms with Gasteiger partial charge in [0, 0.05) is 10.7 Å². The second kappa shape index (κ2) is 7.65. The maximum Gasteiger partial charge on any atom is 0.338 e. The minimum Gasteiger partial charge on any atom is -0.452 e. The lowest BCUT2D eigenvalue weighted by molar-refractivity contribution is -0.124. The second-order valence-corrected chi connectivity index (χ2v) is 5.48. The zero-order valence-electron chi connectivity index (χ0n) is 12.6. The Bertz CT molecular complexity index is 701. The Hall–Kier alpha value is -2.53. The number of ether oxygens (including phenoxy) is 1. The predicted octanol–water partition coefficient (Wildman–Crippen LogP) is 2.96. The summed E-state index contributed by atoms with van der Waals surface area (Å²) in [7, 11) is 0. The van der Waals surface area contributed by atoms with Crippen molar-refractivity contribution in [2.24, 2.45) is 0 Å². The van der Waals surface area contributed by atoms with E-state index in [0.717, 1.165) is 5.56 Å². The molecule has 0 fully saturated rings. The van der Waals surface area contributed by atoms with E-state index in [-0.39, 0.29) is 18.6 Å². The summed E-state index contributed by atoms with van der Waals surface area (Å²) in [5, 5.41) is 3.34. The molecule has 120 valence electrons. The molecule has 0 unspecified atom stereocenters. The summed E-state index contributed by atoms with van der Waals surface area (Å²) in [6, 6.07) is 13.2. The summed E-state index contributed by atoms with van der Waals surface area (Å²) in [5.41, 5.74) is 7.31. The maximum absolute atomic E-state index is 11.9. The molecule has 5 nitrogen and oxygen atoms in total. The standard InChI is InChI=1S/C17H17ClN2O3/c1-11(13-3-2-4-14(18)9-13)20-16(21)10-23-17(22)12-5-7-15(19)8-6-12/h2-9,11H,10,19H2,1H3,(H,20,21)/t11-/m1/s1. The van der Waals surface area contributed by atoms with Gasteiger partial charge in [0.1, 0.15) is 0 Å². The van der Waals surface area contributed by atoms with Gasteiger partial charge in [-0.3, -0.25) is 4.79 Å². The molecule has 23 heavy (non-hydrogen) atoms. The lowest BCUT2D eigenvalue weighted by Gasteiger charge is -2.14. The predicted molar refractivity (Wildman–Crippen MR) is 89.1 cm³/mol. The largest absolute Gasteiger partial charge is 0.452 e. The summed E-state index contributed by atoms with van der Waals surface area (Å²) in [6.45, 7) is 1.47. The Kier molecular flexibility index (Phi) is 5.60. The molecule has 2 rings (SSSR count). The van der Waals surface area contributed by atoms with Gasteiger partial charge in [0.05, 0.1) is 11.6 Å². The number of nitrogens with one attached hydrogen (secondary N) is 1. The number of halogens is 1. The van der Waals surface area contributed by atoms with Gasteiger partial charge >= 0.3 is 5.97 Å². The lowest BCUT2D eigenvalue weighted by atomic mass is 10.1. The lowest BCUT2D eigenvalue weighted by Crippen LogP contribution is -2.31. The van der Waals surface area contributed by atoms with Crippen LogP contribution in [0.2, 0.25) is 5.02 Å². The van der Waals surface area contributed by atoms with Gasteiger partial charge in [-0.25, -0.2) is 4.79 Å². The molecule has 0 bridgehead atoms. The van der Waals surface area contributed by atoms with Crippen LogP contribution in [0.4, 0.5) is 5.69 Å². The molecule has 0 saturated heterocycles. The first-order valence-electron chi connectivity index (χ1n) is 7.03. The van der Waals surface area contributed by atoms with Crippen LogP contribution in [-0.2, 0) is 9.53 Å². The van der Waals surface area contributed by atoms with E-state index >= 15 is 0 Å². The first-order chi connectivity index (χ1) is 11.0. The number of rotatable bonds is 5. The number of esters is 1. The molecule has 0 aliphatic rings. The van der Waals surface area contributed by atoms with Crippen LogP contribution < -0.4 is 11.1 Å². The number of nitrogens with two attached hydrogens (primary N) is 1. The Labute approximate surface area is 139 Å². The van der Waals surface area contributed by atoms with Crippen molar-refractivity contribution in [2.45, 2.75) is 13.0 Å². The summed E-state index contributed by atoms with van der Waals surface area (Å²) >= 11 is 5.92. The normalized spacial score (nSPS) is 11.6. The summed E-state index contributed by atoms with van der Waals surface area (Å²) < 4.78 is 4.97. The number of anilines is 1. The van der Waals surface area contributed by atoms with Crippen molar-refractivity contribution in [2.75, 3.05) is 12.3 Å². The molecule has 0 saturated carbocycles. The monoisotopic (exact) mass is 332 g/mol. The van der Waals surface area contributed by atoms with Crippen LogP contribution in [-0.4, -0.2) is 18.5 Å². The highest BCUT2D eigenvalue weighted by Crippen LogP contribution is 2.17. The van der Waals surface area contributed by atoms with Gasteiger partial charge in [-0.1, -0.05) is 23.7 Å². The first-order valence-corrected chi connectivity index (χ1v) is 7.41. The van der Waals surface area contributed by atoms with E-state index in [2.05, 4.69) is 5.32 Å². The van der Waals surface area contributed by atoms with Gasteiger partial charge in [-0.05, 0) is 48.9 Å². The third-order valence-corrected chi connectivity index (χ3v) is 3.44. The van der Waals surface area contributed by atoms with Crippen molar-refractivity contribution in [3.05, 3.63) is 64.7 Å². The molecule has 3 N–H and O–H groups in total. The van der Waals surface area contributed by atoms with Crippen LogP contribution >= 0.6 is 11.6 Å². The fraction of sp³-hybridized carbons (Fsp3) is 0.176. The third-order valence-electron chi connectivity index (χ3n) is 3.21. The van der Waals surface area contributed by atoms with Crippen LogP contribution in [0.1, 0.15) is 28.9 Å². The number of carbonyl (C=O) groups is 2. The molecule has 0 aliphatic carbocycles. The Balaban J connectivity index is 1.85. The number of amides is 1. The van der Waals surface area contributed by atoms with Crippen molar-refractivity contribution in [1.82, 2.24) is 5.32 Å². The molecule has 6 heteroatoms. The molecule has 0 spiro atoms. The summed E-state index contributed by atoms with van der Waals surface area (Å²) in [6.07, 6.45) is 0. The smallest absolute Gasteiger partial charge is 0.338 e. The molecule has 0 aliphatic heterocycles. The van der Waals surface area contributed by atoms with Crippen molar-refractivity contribution < 1.29 is 14.3 Å². The van der Waals surface area contributed by atoms with Gasteiger partial charge in [-0.15, -0.1) is 0 Å². The number of hydrogen-bond acceptors (Lipinski definition) is 4. The fourth-order valence-electron chi connectivity index (χ4n) is 1.98. The molecular weight excluding hydrogens is 316 g/mol. The van der Waals surface area contributed by atoms with Crippen molar-refractivity contribution in [1.29, 1.82) is 0 Å². The molecule has 0 heterocycles. The molecular formula is C17H17ClN2O3. The zero-order valence-corrected chi connectivity index (χ0v) is 13.3. The van der Waals surface area contributed by atoms with E-state index in [1.165, 1.54) is 0 Å². The number of nitrogen functional groups attached to an aromatic ring is 1. The van der Waals surface area contributed by atoms with E-state index in [1.54, 1.807) is 42.5 Å². The van der Waals surface area contributed by atoms with E-state index in [4.69, 9.17) is 22.1 Å².